The Morgan fingerprint density at radius 2 is 1.74 bits per heavy atom. The fourth-order valence-corrected chi connectivity index (χ4v) is 4.87. The molecule has 2 N–H and O–H groups in total. The van der Waals surface area contributed by atoms with Gasteiger partial charge < -0.3 is 9.88 Å². The molecule has 1 aromatic heterocycles. The highest BCUT2D eigenvalue weighted by atomic mass is 32.1. The van der Waals surface area contributed by atoms with E-state index in [2.05, 4.69) is 10.6 Å². The molecule has 0 bridgehead atoms. The second-order valence-electron chi connectivity index (χ2n) is 9.39. The molecule has 3 aromatic carbocycles. The fourth-order valence-electron chi connectivity index (χ4n) is 4.59. The van der Waals surface area contributed by atoms with Crippen molar-refractivity contribution in [3.63, 3.8) is 0 Å². The number of para-hydroxylation sites is 1. The molecule has 190 valence electrons. The summed E-state index contributed by atoms with van der Waals surface area (Å²) in [5.74, 6) is -1.24. The van der Waals surface area contributed by atoms with Crippen LogP contribution in [0.15, 0.2) is 78.5 Å². The lowest BCUT2D eigenvalue weighted by Crippen LogP contribution is -2.54. The molecular formula is C30H26N4O3S. The molecule has 0 saturated carbocycles. The molecule has 2 heterocycles. The smallest absolute Gasteiger partial charge is 0.270 e. The number of nitrogens with one attached hydrogen (secondary N) is 2. The van der Waals surface area contributed by atoms with Crippen molar-refractivity contribution in [2.24, 2.45) is 0 Å². The molecule has 8 heteroatoms. The van der Waals surface area contributed by atoms with Crippen LogP contribution in [-0.2, 0) is 20.9 Å². The van der Waals surface area contributed by atoms with Crippen LogP contribution in [0.3, 0.4) is 0 Å². The summed E-state index contributed by atoms with van der Waals surface area (Å²) in [6.45, 7) is 5.85. The third kappa shape index (κ3) is 4.86. The van der Waals surface area contributed by atoms with E-state index in [1.165, 1.54) is 4.90 Å². The van der Waals surface area contributed by atoms with Crippen LogP contribution in [0.4, 0.5) is 11.4 Å². The van der Waals surface area contributed by atoms with Crippen LogP contribution in [0.5, 0.6) is 0 Å². The molecule has 1 saturated heterocycles. The van der Waals surface area contributed by atoms with Crippen LogP contribution >= 0.6 is 12.2 Å². The number of hydrogen-bond acceptors (Lipinski definition) is 4. The number of rotatable bonds is 5. The predicted octanol–water partition coefficient (Wildman–Crippen LogP) is 5.04. The fraction of sp³-hybridized carbons (Fsp3) is 0.133. The highest BCUT2D eigenvalue weighted by Crippen LogP contribution is 2.29. The first-order valence-electron chi connectivity index (χ1n) is 12.1. The molecule has 7 nitrogen and oxygen atoms in total. The lowest BCUT2D eigenvalue weighted by atomic mass is 10.0. The van der Waals surface area contributed by atoms with E-state index in [1.54, 1.807) is 12.3 Å². The highest BCUT2D eigenvalue weighted by molar-refractivity contribution is 7.80. The largest absolute Gasteiger partial charge is 0.337 e. The van der Waals surface area contributed by atoms with Gasteiger partial charge in [-0.25, -0.2) is 0 Å². The third-order valence-electron chi connectivity index (χ3n) is 6.44. The van der Waals surface area contributed by atoms with E-state index >= 15 is 0 Å². The molecule has 0 unspecified atom stereocenters. The van der Waals surface area contributed by atoms with Gasteiger partial charge in [-0.2, -0.15) is 0 Å². The van der Waals surface area contributed by atoms with Gasteiger partial charge in [0.1, 0.15) is 12.1 Å². The van der Waals surface area contributed by atoms with Crippen LogP contribution in [-0.4, -0.2) is 27.4 Å². The number of hydrogen-bond donors (Lipinski definition) is 2. The summed E-state index contributed by atoms with van der Waals surface area (Å²) in [5, 5.41) is 6.44. The minimum absolute atomic E-state index is 0.0355. The van der Waals surface area contributed by atoms with Gasteiger partial charge in [0.25, 0.3) is 11.8 Å². The summed E-state index contributed by atoms with van der Waals surface area (Å²) in [6.07, 6.45) is 3.35. The molecular weight excluding hydrogens is 496 g/mol. The van der Waals surface area contributed by atoms with Crippen molar-refractivity contribution in [3.8, 4) is 0 Å². The first kappa shape index (κ1) is 25.1. The van der Waals surface area contributed by atoms with Gasteiger partial charge in [-0.3, -0.25) is 24.6 Å². The van der Waals surface area contributed by atoms with Crippen LogP contribution in [0.25, 0.3) is 17.0 Å². The van der Waals surface area contributed by atoms with Gasteiger partial charge >= 0.3 is 0 Å². The summed E-state index contributed by atoms with van der Waals surface area (Å²) in [7, 11) is 0. The number of fused-ring (bicyclic) bond motifs is 1. The van der Waals surface area contributed by atoms with Crippen LogP contribution in [0.2, 0.25) is 0 Å². The van der Waals surface area contributed by atoms with Crippen molar-refractivity contribution in [1.82, 2.24) is 9.88 Å². The number of amides is 3. The zero-order valence-corrected chi connectivity index (χ0v) is 22.1. The van der Waals surface area contributed by atoms with Gasteiger partial charge in [0.05, 0.1) is 5.69 Å². The second kappa shape index (κ2) is 10.1. The summed E-state index contributed by atoms with van der Waals surface area (Å²) in [5.41, 5.74) is 5.65. The van der Waals surface area contributed by atoms with Crippen LogP contribution in [0.1, 0.15) is 22.3 Å². The minimum Gasteiger partial charge on any atom is -0.337 e. The average molecular weight is 523 g/mol. The number of nitrogens with zero attached hydrogens (tertiary/aromatic N) is 2. The zero-order chi connectivity index (χ0) is 27.0. The topological polar surface area (TPSA) is 83.4 Å². The number of carbonyl (C=O) groups excluding carboxylic acids is 3. The number of benzene rings is 3. The maximum Gasteiger partial charge on any atom is 0.270 e. The molecule has 38 heavy (non-hydrogen) atoms. The maximum absolute atomic E-state index is 13.6. The van der Waals surface area contributed by atoms with E-state index in [1.807, 2.05) is 92.1 Å². The number of aromatic nitrogens is 1. The van der Waals surface area contributed by atoms with E-state index in [-0.39, 0.29) is 23.1 Å². The number of aryl methyl sites for hydroxylation is 3. The second-order valence-corrected chi connectivity index (χ2v) is 9.78. The van der Waals surface area contributed by atoms with Crippen molar-refractivity contribution in [3.05, 3.63) is 101 Å². The van der Waals surface area contributed by atoms with Crippen molar-refractivity contribution in [2.45, 2.75) is 27.3 Å². The molecule has 5 rings (SSSR count). The molecule has 1 aliphatic heterocycles. The lowest BCUT2D eigenvalue weighted by molar-refractivity contribution is -0.122. The Bertz CT molecular complexity index is 1670. The van der Waals surface area contributed by atoms with Crippen LogP contribution in [0, 0.1) is 20.8 Å². The Morgan fingerprint density at radius 1 is 0.974 bits per heavy atom. The Hall–Kier alpha value is -4.56. The van der Waals surface area contributed by atoms with Gasteiger partial charge in [-0.05, 0) is 80.0 Å². The van der Waals surface area contributed by atoms with Gasteiger partial charge in [-0.15, -0.1) is 0 Å². The molecule has 1 fully saturated rings. The lowest BCUT2D eigenvalue weighted by Gasteiger charge is -2.30. The molecule has 0 radical (unpaired) electrons. The first-order chi connectivity index (χ1) is 18.2. The molecule has 1 aliphatic rings. The standard InChI is InChI=1S/C30H26N4O3S/c1-18-7-6-8-22(13-18)31-27(35)17-33-16-21(23-9-4-5-10-25(23)33)15-24-28(36)32-30(38)34(29(24)37)26-14-19(2)11-12-20(26)3/h4-16H,17H2,1-3H3,(H,31,35)(H,32,36,38)/b24-15+. The quantitative estimate of drug-likeness (QED) is 0.219. The number of thiocarbonyl (C=S) groups is 1. The summed E-state index contributed by atoms with van der Waals surface area (Å²) in [6, 6.07) is 20.9. The monoisotopic (exact) mass is 522 g/mol. The highest BCUT2D eigenvalue weighted by Gasteiger charge is 2.35. The Balaban J connectivity index is 1.50. The Morgan fingerprint density at radius 3 is 2.53 bits per heavy atom. The molecule has 4 aromatic rings. The molecule has 0 aliphatic carbocycles. The summed E-state index contributed by atoms with van der Waals surface area (Å²) in [4.78, 5) is 40.7. The van der Waals surface area contributed by atoms with E-state index < -0.39 is 11.8 Å². The number of anilines is 2. The van der Waals surface area contributed by atoms with Crippen LogP contribution < -0.4 is 15.5 Å². The Labute approximate surface area is 225 Å². The van der Waals surface area contributed by atoms with Crippen molar-refractivity contribution in [1.29, 1.82) is 0 Å². The first-order valence-corrected chi connectivity index (χ1v) is 12.5. The molecule has 0 atom stereocenters. The zero-order valence-electron chi connectivity index (χ0n) is 21.2. The minimum atomic E-state index is -0.560. The SMILES string of the molecule is Cc1cccc(NC(=O)Cn2cc(/C=C3\C(=O)NC(=S)N(c4cc(C)ccc4C)C3=O)c3ccccc32)c1. The Kier molecular flexibility index (Phi) is 6.65. The van der Waals surface area contributed by atoms with Gasteiger partial charge in [0.15, 0.2) is 5.11 Å². The summed E-state index contributed by atoms with van der Waals surface area (Å²) < 4.78 is 1.81. The van der Waals surface area contributed by atoms with Crippen molar-refractivity contribution in [2.75, 3.05) is 10.2 Å². The molecule has 0 spiro atoms. The van der Waals surface area contributed by atoms with E-state index in [0.29, 0.717) is 11.3 Å². The van der Waals surface area contributed by atoms with Gasteiger partial charge in [0, 0.05) is 28.4 Å². The normalized spacial score (nSPS) is 14.8. The number of carbonyl (C=O) groups is 3. The third-order valence-corrected chi connectivity index (χ3v) is 6.73. The van der Waals surface area contributed by atoms with Crippen molar-refractivity contribution >= 4 is 63.4 Å². The maximum atomic E-state index is 13.6. The van der Waals surface area contributed by atoms with E-state index in [0.717, 1.165) is 33.3 Å². The molecule has 3 amide bonds. The predicted molar refractivity (Wildman–Crippen MR) is 154 cm³/mol. The van der Waals surface area contributed by atoms with E-state index in [9.17, 15) is 14.4 Å². The average Bonchev–Trinajstić information content (AvgIpc) is 3.20. The summed E-state index contributed by atoms with van der Waals surface area (Å²) >= 11 is 5.37. The van der Waals surface area contributed by atoms with Gasteiger partial charge in [-0.1, -0.05) is 42.5 Å². The van der Waals surface area contributed by atoms with Gasteiger partial charge in [0.2, 0.25) is 5.91 Å². The van der Waals surface area contributed by atoms with E-state index in [4.69, 9.17) is 12.2 Å². The van der Waals surface area contributed by atoms with Crippen molar-refractivity contribution < 1.29 is 14.4 Å².